The molecular formula is C26H25NO6. The number of carboxylic acid groups (broad SMARTS) is 1. The molecule has 1 amide bonds. The van der Waals surface area contributed by atoms with Gasteiger partial charge in [-0.05, 0) is 59.5 Å². The van der Waals surface area contributed by atoms with Gasteiger partial charge in [-0.15, -0.1) is 0 Å². The zero-order valence-electron chi connectivity index (χ0n) is 18.6. The number of esters is 1. The van der Waals surface area contributed by atoms with Crippen molar-refractivity contribution >= 4 is 17.8 Å². The zero-order valence-corrected chi connectivity index (χ0v) is 18.6. The maximum absolute atomic E-state index is 12.5. The normalized spacial score (nSPS) is 10.5. The molecule has 0 aliphatic carbocycles. The van der Waals surface area contributed by atoms with Crippen LogP contribution >= 0.6 is 0 Å². The molecule has 3 aromatic rings. The average molecular weight is 447 g/mol. The molecule has 0 bridgehead atoms. The maximum Gasteiger partial charge on any atom is 0.338 e. The minimum absolute atomic E-state index is 0.0504. The summed E-state index contributed by atoms with van der Waals surface area (Å²) in [7, 11) is 1.23. The van der Waals surface area contributed by atoms with Crippen LogP contribution < -0.4 is 10.1 Å². The molecule has 3 aromatic carbocycles. The molecule has 170 valence electrons. The molecule has 33 heavy (non-hydrogen) atoms. The Morgan fingerprint density at radius 2 is 1.55 bits per heavy atom. The predicted octanol–water partition coefficient (Wildman–Crippen LogP) is 5.02. The van der Waals surface area contributed by atoms with E-state index in [-0.39, 0.29) is 28.5 Å². The number of benzene rings is 3. The van der Waals surface area contributed by atoms with Gasteiger partial charge in [0.2, 0.25) is 0 Å². The van der Waals surface area contributed by atoms with Crippen molar-refractivity contribution in [2.45, 2.75) is 13.8 Å². The first kappa shape index (κ1) is 23.5. The topological polar surface area (TPSA) is 102 Å². The predicted molar refractivity (Wildman–Crippen MR) is 124 cm³/mol. The van der Waals surface area contributed by atoms with Crippen LogP contribution in [0.2, 0.25) is 0 Å². The van der Waals surface area contributed by atoms with Crippen LogP contribution in [0.4, 0.5) is 0 Å². The van der Waals surface area contributed by atoms with E-state index in [1.807, 2.05) is 32.0 Å². The van der Waals surface area contributed by atoms with Crippen molar-refractivity contribution in [2.75, 3.05) is 13.7 Å². The molecule has 0 fully saturated rings. The number of aromatic carboxylic acids is 1. The van der Waals surface area contributed by atoms with Crippen LogP contribution in [0.15, 0.2) is 66.7 Å². The van der Waals surface area contributed by atoms with Gasteiger partial charge >= 0.3 is 11.9 Å². The molecule has 0 heterocycles. The lowest BCUT2D eigenvalue weighted by molar-refractivity contribution is 0.0600. The molecule has 0 unspecified atom stereocenters. The largest absolute Gasteiger partial charge is 0.478 e. The Kier molecular flexibility index (Phi) is 7.46. The first-order chi connectivity index (χ1) is 15.8. The zero-order chi connectivity index (χ0) is 24.0. The first-order valence-corrected chi connectivity index (χ1v) is 10.4. The summed E-state index contributed by atoms with van der Waals surface area (Å²) in [6, 6.07) is 18.1. The Hall–Kier alpha value is -4.13. The highest BCUT2D eigenvalue weighted by Gasteiger charge is 2.21. The van der Waals surface area contributed by atoms with Gasteiger partial charge in [0.05, 0.1) is 18.2 Å². The van der Waals surface area contributed by atoms with Crippen molar-refractivity contribution in [3.8, 4) is 22.6 Å². The lowest BCUT2D eigenvalue weighted by atomic mass is 9.93. The second kappa shape index (κ2) is 10.5. The Morgan fingerprint density at radius 3 is 2.18 bits per heavy atom. The van der Waals surface area contributed by atoms with Gasteiger partial charge in [0.25, 0.3) is 5.91 Å². The number of carbonyl (C=O) groups excluding carboxylic acids is 2. The first-order valence-electron chi connectivity index (χ1n) is 10.4. The summed E-state index contributed by atoms with van der Waals surface area (Å²) < 4.78 is 10.6. The van der Waals surface area contributed by atoms with Crippen LogP contribution in [-0.2, 0) is 4.74 Å². The monoisotopic (exact) mass is 447 g/mol. The van der Waals surface area contributed by atoms with Crippen molar-refractivity contribution < 1.29 is 29.0 Å². The third-order valence-corrected chi connectivity index (χ3v) is 4.85. The number of ether oxygens (including phenoxy) is 2. The highest BCUT2D eigenvalue weighted by molar-refractivity contribution is 6.05. The smallest absolute Gasteiger partial charge is 0.338 e. The second-order valence-corrected chi connectivity index (χ2v) is 7.78. The number of nitrogens with one attached hydrogen (secondary N) is 1. The van der Waals surface area contributed by atoms with Crippen LogP contribution in [0.3, 0.4) is 0 Å². The summed E-state index contributed by atoms with van der Waals surface area (Å²) in [5.74, 6) is -1.02. The van der Waals surface area contributed by atoms with Crippen LogP contribution in [0.1, 0.15) is 44.9 Å². The molecule has 0 saturated heterocycles. The standard InChI is InChI=1S/C26H25NO6/c1-16(2)15-27-24(28)17-9-11-21(23(13-17)26(31)32-3)20-12-10-19(14-22(20)25(29)30)33-18-7-5-4-6-8-18/h4-14,16H,15H2,1-3H3,(H,27,28)(H,29,30). The number of carboxylic acids is 1. The summed E-state index contributed by atoms with van der Waals surface area (Å²) in [4.78, 5) is 37.0. The molecule has 0 aliphatic heterocycles. The fourth-order valence-corrected chi connectivity index (χ4v) is 3.22. The van der Waals surface area contributed by atoms with Gasteiger partial charge in [0.1, 0.15) is 11.5 Å². The number of hydrogen-bond acceptors (Lipinski definition) is 5. The fourth-order valence-electron chi connectivity index (χ4n) is 3.22. The third kappa shape index (κ3) is 5.77. The summed E-state index contributed by atoms with van der Waals surface area (Å²) in [5, 5.41) is 12.6. The number of amides is 1. The van der Waals surface area contributed by atoms with Crippen molar-refractivity contribution in [2.24, 2.45) is 5.92 Å². The van der Waals surface area contributed by atoms with Gasteiger partial charge in [-0.25, -0.2) is 9.59 Å². The number of para-hydroxylation sites is 1. The highest BCUT2D eigenvalue weighted by Crippen LogP contribution is 2.33. The quantitative estimate of drug-likeness (QED) is 0.470. The summed E-state index contributed by atoms with van der Waals surface area (Å²) in [6.07, 6.45) is 0. The number of rotatable bonds is 8. The van der Waals surface area contributed by atoms with Crippen LogP contribution in [0.5, 0.6) is 11.5 Å². The SMILES string of the molecule is COC(=O)c1cc(C(=O)NCC(C)C)ccc1-c1ccc(Oc2ccccc2)cc1C(=O)O. The minimum Gasteiger partial charge on any atom is -0.478 e. The average Bonchev–Trinajstić information content (AvgIpc) is 2.82. The molecule has 7 heteroatoms. The van der Waals surface area contributed by atoms with Gasteiger partial charge in [-0.1, -0.05) is 38.1 Å². The molecule has 2 N–H and O–H groups in total. The van der Waals surface area contributed by atoms with E-state index in [0.717, 1.165) is 0 Å². The van der Waals surface area contributed by atoms with Crippen LogP contribution in [0.25, 0.3) is 11.1 Å². The Labute approximate surface area is 192 Å². The summed E-state index contributed by atoms with van der Waals surface area (Å²) >= 11 is 0. The molecule has 0 spiro atoms. The Morgan fingerprint density at radius 1 is 0.879 bits per heavy atom. The van der Waals surface area contributed by atoms with Gasteiger partial charge in [0, 0.05) is 12.1 Å². The van der Waals surface area contributed by atoms with Gasteiger partial charge in [0.15, 0.2) is 0 Å². The van der Waals surface area contributed by atoms with E-state index in [2.05, 4.69) is 5.32 Å². The van der Waals surface area contributed by atoms with Gasteiger partial charge in [-0.2, -0.15) is 0 Å². The van der Waals surface area contributed by atoms with Crippen molar-refractivity contribution in [1.29, 1.82) is 0 Å². The van der Waals surface area contributed by atoms with Crippen LogP contribution in [-0.4, -0.2) is 36.6 Å². The van der Waals surface area contributed by atoms with E-state index in [1.165, 1.54) is 19.2 Å². The molecular weight excluding hydrogens is 422 g/mol. The number of methoxy groups -OCH3 is 1. The lowest BCUT2D eigenvalue weighted by Gasteiger charge is -2.14. The summed E-state index contributed by atoms with van der Waals surface area (Å²) in [6.45, 7) is 4.43. The molecule has 0 atom stereocenters. The number of hydrogen-bond donors (Lipinski definition) is 2. The van der Waals surface area contributed by atoms with Gasteiger partial charge in [-0.3, -0.25) is 4.79 Å². The summed E-state index contributed by atoms with van der Waals surface area (Å²) in [5.41, 5.74) is 0.962. The molecule has 3 rings (SSSR count). The van der Waals surface area contributed by atoms with E-state index in [0.29, 0.717) is 29.2 Å². The highest BCUT2D eigenvalue weighted by atomic mass is 16.5. The molecule has 0 saturated carbocycles. The second-order valence-electron chi connectivity index (χ2n) is 7.78. The number of carbonyl (C=O) groups is 3. The van der Waals surface area contributed by atoms with Crippen molar-refractivity contribution in [1.82, 2.24) is 5.32 Å². The Bertz CT molecular complexity index is 1170. The van der Waals surface area contributed by atoms with Gasteiger partial charge < -0.3 is 19.9 Å². The van der Waals surface area contributed by atoms with E-state index in [9.17, 15) is 19.5 Å². The van der Waals surface area contributed by atoms with Crippen molar-refractivity contribution in [3.63, 3.8) is 0 Å². The Balaban J connectivity index is 2.03. The maximum atomic E-state index is 12.5. The third-order valence-electron chi connectivity index (χ3n) is 4.85. The molecule has 0 aromatic heterocycles. The fraction of sp³-hybridized carbons (Fsp3) is 0.192. The van der Waals surface area contributed by atoms with E-state index in [4.69, 9.17) is 9.47 Å². The van der Waals surface area contributed by atoms with E-state index >= 15 is 0 Å². The minimum atomic E-state index is -1.18. The molecule has 7 nitrogen and oxygen atoms in total. The molecule has 0 radical (unpaired) electrons. The van der Waals surface area contributed by atoms with Crippen molar-refractivity contribution in [3.05, 3.63) is 83.4 Å². The van der Waals surface area contributed by atoms with E-state index < -0.39 is 11.9 Å². The van der Waals surface area contributed by atoms with Crippen LogP contribution in [0, 0.1) is 5.92 Å². The lowest BCUT2D eigenvalue weighted by Crippen LogP contribution is -2.27. The van der Waals surface area contributed by atoms with E-state index in [1.54, 1.807) is 36.4 Å². The molecule has 0 aliphatic rings.